The van der Waals surface area contributed by atoms with E-state index in [9.17, 15) is 4.79 Å². The molecule has 0 aliphatic carbocycles. The van der Waals surface area contributed by atoms with Gasteiger partial charge in [0.2, 0.25) is 0 Å². The maximum atomic E-state index is 12.4. The Morgan fingerprint density at radius 1 is 1.35 bits per heavy atom. The molecule has 2 bridgehead atoms. The molecule has 2 fully saturated rings. The van der Waals surface area contributed by atoms with Crippen LogP contribution in [0.1, 0.15) is 22.5 Å². The van der Waals surface area contributed by atoms with Crippen molar-refractivity contribution >= 4 is 16.9 Å². The fourth-order valence-corrected chi connectivity index (χ4v) is 3.50. The first kappa shape index (κ1) is 12.0. The summed E-state index contributed by atoms with van der Waals surface area (Å²) in [5.74, 6) is 1.52. The van der Waals surface area contributed by atoms with Gasteiger partial charge in [0, 0.05) is 30.1 Å². The fraction of sp³-hybridized carbons (Fsp3) is 0.438. The number of hydrogen-bond acceptors (Lipinski definition) is 3. The molecular weight excluding hydrogens is 252 g/mol. The van der Waals surface area contributed by atoms with Crippen molar-refractivity contribution in [3.8, 4) is 0 Å². The van der Waals surface area contributed by atoms with Crippen molar-refractivity contribution in [3.05, 3.63) is 35.6 Å². The van der Waals surface area contributed by atoms with E-state index in [1.54, 1.807) is 0 Å². The van der Waals surface area contributed by atoms with Crippen LogP contribution in [0.4, 0.5) is 0 Å². The lowest BCUT2D eigenvalue weighted by Crippen LogP contribution is -2.43. The van der Waals surface area contributed by atoms with Crippen molar-refractivity contribution in [3.63, 3.8) is 0 Å². The minimum atomic E-state index is 0.0136. The van der Waals surface area contributed by atoms with Gasteiger partial charge >= 0.3 is 0 Å². The van der Waals surface area contributed by atoms with Gasteiger partial charge in [0.25, 0.3) is 5.91 Å². The number of amides is 1. The predicted octanol–water partition coefficient (Wildman–Crippen LogP) is 2.18. The zero-order chi connectivity index (χ0) is 13.7. The third-order valence-electron chi connectivity index (χ3n) is 4.55. The third-order valence-corrected chi connectivity index (χ3v) is 4.55. The molecule has 2 unspecified atom stereocenters. The molecule has 0 spiro atoms. The molecule has 20 heavy (non-hydrogen) atoms. The van der Waals surface area contributed by atoms with Gasteiger partial charge in [0.15, 0.2) is 0 Å². The summed E-state index contributed by atoms with van der Waals surface area (Å²) in [5.41, 5.74) is 1.47. The first-order valence-corrected chi connectivity index (χ1v) is 7.22. The topological polar surface area (TPSA) is 45.5 Å². The molecule has 2 aromatic rings. The molecule has 0 radical (unpaired) electrons. The van der Waals surface area contributed by atoms with Crippen molar-refractivity contribution in [1.29, 1.82) is 0 Å². The van der Waals surface area contributed by atoms with Crippen molar-refractivity contribution < 1.29 is 9.21 Å². The monoisotopic (exact) mass is 270 g/mol. The molecule has 3 atom stereocenters. The van der Waals surface area contributed by atoms with Crippen LogP contribution in [-0.2, 0) is 0 Å². The second kappa shape index (κ2) is 4.35. The lowest BCUT2D eigenvalue weighted by Gasteiger charge is -2.23. The van der Waals surface area contributed by atoms with Crippen LogP contribution in [-0.4, -0.2) is 36.5 Å². The quantitative estimate of drug-likeness (QED) is 0.909. The molecule has 1 aromatic heterocycles. The molecule has 1 aromatic carbocycles. The van der Waals surface area contributed by atoms with E-state index in [-0.39, 0.29) is 5.91 Å². The van der Waals surface area contributed by atoms with E-state index < -0.39 is 0 Å². The Bertz CT molecular complexity index is 676. The number of rotatable bonds is 2. The van der Waals surface area contributed by atoms with Gasteiger partial charge in [-0.15, -0.1) is 0 Å². The van der Waals surface area contributed by atoms with Crippen molar-refractivity contribution in [1.82, 2.24) is 10.2 Å². The SMILES string of the molecule is Cc1cc2ccc(C(=O)NC3CN4CC[C@@H]3C4)cc2o1. The average molecular weight is 270 g/mol. The van der Waals surface area contributed by atoms with Crippen molar-refractivity contribution in [2.75, 3.05) is 19.6 Å². The van der Waals surface area contributed by atoms with Crippen LogP contribution in [0.5, 0.6) is 0 Å². The molecule has 4 nitrogen and oxygen atoms in total. The van der Waals surface area contributed by atoms with Crippen LogP contribution in [0, 0.1) is 12.8 Å². The molecule has 4 rings (SSSR count). The summed E-state index contributed by atoms with van der Waals surface area (Å²) in [5, 5.41) is 4.22. The minimum Gasteiger partial charge on any atom is -0.461 e. The number of nitrogens with one attached hydrogen (secondary N) is 1. The first-order valence-electron chi connectivity index (χ1n) is 7.22. The molecule has 104 valence electrons. The average Bonchev–Trinajstić information content (AvgIpc) is 3.10. The van der Waals surface area contributed by atoms with Crippen LogP contribution >= 0.6 is 0 Å². The Labute approximate surface area is 117 Å². The summed E-state index contributed by atoms with van der Waals surface area (Å²) < 4.78 is 5.59. The Kier molecular flexibility index (Phi) is 2.60. The van der Waals surface area contributed by atoms with E-state index in [0.717, 1.165) is 29.8 Å². The second-order valence-electron chi connectivity index (χ2n) is 6.00. The number of carbonyl (C=O) groups excluding carboxylic acids is 1. The number of hydrogen-bond donors (Lipinski definition) is 1. The number of aryl methyl sites for hydroxylation is 1. The van der Waals surface area contributed by atoms with Gasteiger partial charge in [-0.3, -0.25) is 4.79 Å². The van der Waals surface area contributed by atoms with E-state index >= 15 is 0 Å². The molecule has 1 amide bonds. The van der Waals surface area contributed by atoms with Crippen molar-refractivity contribution in [2.45, 2.75) is 19.4 Å². The molecule has 3 heterocycles. The normalized spacial score (nSPS) is 28.1. The lowest BCUT2D eigenvalue weighted by atomic mass is 9.99. The van der Waals surface area contributed by atoms with Gasteiger partial charge in [0.1, 0.15) is 11.3 Å². The third kappa shape index (κ3) is 1.91. The summed E-state index contributed by atoms with van der Waals surface area (Å²) in [6.07, 6.45) is 1.21. The molecular formula is C16H18N2O2. The highest BCUT2D eigenvalue weighted by atomic mass is 16.3. The number of carbonyl (C=O) groups is 1. The van der Waals surface area contributed by atoms with Crippen molar-refractivity contribution in [2.24, 2.45) is 5.92 Å². The van der Waals surface area contributed by atoms with Gasteiger partial charge in [-0.1, -0.05) is 6.07 Å². The number of benzene rings is 1. The van der Waals surface area contributed by atoms with Crippen LogP contribution in [0.25, 0.3) is 11.0 Å². The van der Waals surface area contributed by atoms with Crippen LogP contribution in [0.15, 0.2) is 28.7 Å². The molecule has 1 N–H and O–H groups in total. The lowest BCUT2D eigenvalue weighted by molar-refractivity contribution is 0.0924. The Balaban J connectivity index is 1.54. The van der Waals surface area contributed by atoms with Gasteiger partial charge in [-0.25, -0.2) is 0 Å². The smallest absolute Gasteiger partial charge is 0.251 e. The van der Waals surface area contributed by atoms with E-state index in [4.69, 9.17) is 4.42 Å². The van der Waals surface area contributed by atoms with Crippen LogP contribution < -0.4 is 5.32 Å². The molecule has 2 saturated heterocycles. The highest BCUT2D eigenvalue weighted by Crippen LogP contribution is 2.28. The standard InChI is InChI=1S/C16H18N2O2/c1-10-6-11-2-3-12(7-15(11)20-10)16(19)17-14-9-18-5-4-13(14)8-18/h2-3,6-7,13-14H,4-5,8-9H2,1H3,(H,17,19)/t13-,14?/m1/s1. The Hall–Kier alpha value is -1.81. The summed E-state index contributed by atoms with van der Waals surface area (Å²) in [6, 6.07) is 7.96. The predicted molar refractivity (Wildman–Crippen MR) is 76.8 cm³/mol. The summed E-state index contributed by atoms with van der Waals surface area (Å²) in [7, 11) is 0. The van der Waals surface area contributed by atoms with E-state index in [1.165, 1.54) is 13.0 Å². The number of piperidine rings is 1. The highest BCUT2D eigenvalue weighted by molar-refractivity contribution is 5.97. The second-order valence-corrected chi connectivity index (χ2v) is 6.00. The largest absolute Gasteiger partial charge is 0.461 e. The maximum absolute atomic E-state index is 12.4. The molecule has 2 aliphatic rings. The number of nitrogens with zero attached hydrogens (tertiary/aromatic N) is 1. The molecule has 0 saturated carbocycles. The number of furan rings is 1. The molecule has 4 heteroatoms. The Morgan fingerprint density at radius 2 is 2.25 bits per heavy atom. The van der Waals surface area contributed by atoms with E-state index in [0.29, 0.717) is 17.5 Å². The van der Waals surface area contributed by atoms with Gasteiger partial charge in [-0.2, -0.15) is 0 Å². The Morgan fingerprint density at radius 3 is 3.00 bits per heavy atom. The maximum Gasteiger partial charge on any atom is 0.251 e. The van der Waals surface area contributed by atoms with Crippen LogP contribution in [0.3, 0.4) is 0 Å². The summed E-state index contributed by atoms with van der Waals surface area (Å²) in [6.45, 7) is 5.25. The van der Waals surface area contributed by atoms with E-state index in [1.807, 2.05) is 31.2 Å². The van der Waals surface area contributed by atoms with Crippen LogP contribution in [0.2, 0.25) is 0 Å². The van der Waals surface area contributed by atoms with Gasteiger partial charge in [0.05, 0.1) is 0 Å². The zero-order valence-corrected chi connectivity index (χ0v) is 11.6. The molecule has 2 aliphatic heterocycles. The first-order chi connectivity index (χ1) is 9.69. The minimum absolute atomic E-state index is 0.0136. The van der Waals surface area contributed by atoms with Gasteiger partial charge in [-0.05, 0) is 44.0 Å². The fourth-order valence-electron chi connectivity index (χ4n) is 3.50. The summed E-state index contributed by atoms with van der Waals surface area (Å²) in [4.78, 5) is 14.8. The highest BCUT2D eigenvalue weighted by Gasteiger charge is 2.38. The summed E-state index contributed by atoms with van der Waals surface area (Å²) >= 11 is 0. The zero-order valence-electron chi connectivity index (χ0n) is 11.6. The number of fused-ring (bicyclic) bond motifs is 3. The van der Waals surface area contributed by atoms with E-state index in [2.05, 4.69) is 10.2 Å². The van der Waals surface area contributed by atoms with Gasteiger partial charge < -0.3 is 14.6 Å².